The van der Waals surface area contributed by atoms with Crippen LogP contribution >= 0.6 is 11.6 Å². The van der Waals surface area contributed by atoms with E-state index in [1.165, 1.54) is 6.20 Å². The number of ether oxygens (including phenoxy) is 2. The van der Waals surface area contributed by atoms with Gasteiger partial charge in [0.25, 0.3) is 0 Å². The fourth-order valence-electron chi connectivity index (χ4n) is 2.58. The highest BCUT2D eigenvalue weighted by atomic mass is 35.5. The molecule has 1 saturated heterocycles. The minimum absolute atomic E-state index is 0.173. The van der Waals surface area contributed by atoms with Gasteiger partial charge < -0.3 is 19.5 Å². The van der Waals surface area contributed by atoms with Gasteiger partial charge in [-0.1, -0.05) is 11.6 Å². The summed E-state index contributed by atoms with van der Waals surface area (Å²) in [4.78, 5) is 17.9. The minimum atomic E-state index is -0.371. The Hall–Kier alpha value is -2.31. The molecule has 1 N–H and O–H groups in total. The Kier molecular flexibility index (Phi) is 5.73. The van der Waals surface area contributed by atoms with Crippen LogP contribution in [0.5, 0.6) is 17.4 Å². The topological polar surface area (TPSA) is 71.9 Å². The van der Waals surface area contributed by atoms with Crippen LogP contribution in [0.25, 0.3) is 0 Å². The molecular weight excluding hydrogens is 344 g/mol. The third kappa shape index (κ3) is 4.84. The van der Waals surface area contributed by atoms with E-state index in [2.05, 4.69) is 4.98 Å². The second-order valence-corrected chi connectivity index (χ2v) is 6.31. The summed E-state index contributed by atoms with van der Waals surface area (Å²) in [6.45, 7) is 1.38. The highest BCUT2D eigenvalue weighted by Crippen LogP contribution is 2.24. The number of piperidine rings is 1. The smallest absolute Gasteiger partial charge is 0.415 e. The molecule has 1 aromatic heterocycles. The highest BCUT2D eigenvalue weighted by molar-refractivity contribution is 6.30. The zero-order valence-electron chi connectivity index (χ0n) is 13.6. The molecule has 7 heteroatoms. The number of pyridine rings is 1. The number of carbonyl (C=O) groups excluding carboxylic acids is 1. The first-order valence-corrected chi connectivity index (χ1v) is 8.49. The van der Waals surface area contributed by atoms with Crippen molar-refractivity contribution in [3.05, 3.63) is 47.6 Å². The van der Waals surface area contributed by atoms with Crippen LogP contribution in [0.15, 0.2) is 42.6 Å². The predicted molar refractivity (Wildman–Crippen MR) is 93.2 cm³/mol. The van der Waals surface area contributed by atoms with Crippen LogP contribution in [0.3, 0.4) is 0 Å². The number of halogens is 1. The first-order chi connectivity index (χ1) is 12.1. The van der Waals surface area contributed by atoms with Crippen molar-refractivity contribution in [3.63, 3.8) is 0 Å². The molecule has 25 heavy (non-hydrogen) atoms. The Morgan fingerprint density at radius 1 is 1.16 bits per heavy atom. The average molecular weight is 363 g/mol. The summed E-state index contributed by atoms with van der Waals surface area (Å²) >= 11 is 5.78. The van der Waals surface area contributed by atoms with Crippen LogP contribution < -0.4 is 9.47 Å². The lowest BCUT2D eigenvalue weighted by atomic mass is 9.98. The molecule has 0 saturated carbocycles. The molecule has 0 spiro atoms. The van der Waals surface area contributed by atoms with Gasteiger partial charge in [-0.15, -0.1) is 0 Å². The molecular formula is C18H19ClN2O4. The molecule has 0 aliphatic carbocycles. The molecule has 3 rings (SSSR count). The molecule has 2 aromatic rings. The predicted octanol–water partition coefficient (Wildman–Crippen LogP) is 3.73. The van der Waals surface area contributed by atoms with Crippen molar-refractivity contribution < 1.29 is 19.4 Å². The molecule has 0 bridgehead atoms. The third-order valence-electron chi connectivity index (χ3n) is 4.08. The van der Waals surface area contributed by atoms with Crippen LogP contribution in [0.4, 0.5) is 4.79 Å². The molecule has 132 valence electrons. The van der Waals surface area contributed by atoms with Crippen molar-refractivity contribution >= 4 is 17.7 Å². The van der Waals surface area contributed by atoms with Gasteiger partial charge in [0.15, 0.2) is 0 Å². The lowest BCUT2D eigenvalue weighted by Crippen LogP contribution is -2.40. The number of hydrogen-bond acceptors (Lipinski definition) is 5. The summed E-state index contributed by atoms with van der Waals surface area (Å²) in [5.41, 5.74) is 0. The van der Waals surface area contributed by atoms with Crippen LogP contribution in [0.1, 0.15) is 12.8 Å². The Labute approximate surface area is 151 Å². The maximum atomic E-state index is 12.2. The molecule has 0 radical (unpaired) electrons. The van der Waals surface area contributed by atoms with Crippen molar-refractivity contribution in [3.8, 4) is 17.4 Å². The molecule has 1 aliphatic rings. The van der Waals surface area contributed by atoms with Crippen LogP contribution in [0, 0.1) is 5.92 Å². The van der Waals surface area contributed by atoms with Crippen molar-refractivity contribution in [2.45, 2.75) is 12.8 Å². The molecule has 1 aliphatic heterocycles. The lowest BCUT2D eigenvalue weighted by molar-refractivity contribution is 0.112. The van der Waals surface area contributed by atoms with E-state index in [9.17, 15) is 4.79 Å². The van der Waals surface area contributed by atoms with E-state index >= 15 is 0 Å². The van der Waals surface area contributed by atoms with Gasteiger partial charge in [-0.3, -0.25) is 0 Å². The second kappa shape index (κ2) is 8.18. The van der Waals surface area contributed by atoms with Gasteiger partial charge in [0, 0.05) is 32.0 Å². The lowest BCUT2D eigenvalue weighted by Gasteiger charge is -2.30. The number of likely N-dealkylation sites (tertiary alicyclic amines) is 1. The SMILES string of the molecule is O=C(Oc1ccc(Oc2ccc(Cl)cn2)cc1)N1CCC(CO)CC1. The van der Waals surface area contributed by atoms with Gasteiger partial charge in [0.05, 0.1) is 5.02 Å². The number of hydrogen-bond donors (Lipinski definition) is 1. The van der Waals surface area contributed by atoms with Gasteiger partial charge >= 0.3 is 6.09 Å². The monoisotopic (exact) mass is 362 g/mol. The average Bonchev–Trinajstić information content (AvgIpc) is 2.65. The number of aliphatic hydroxyl groups excluding tert-OH is 1. The zero-order chi connectivity index (χ0) is 17.6. The van der Waals surface area contributed by atoms with E-state index < -0.39 is 0 Å². The molecule has 1 amide bonds. The largest absolute Gasteiger partial charge is 0.439 e. The third-order valence-corrected chi connectivity index (χ3v) is 4.31. The quantitative estimate of drug-likeness (QED) is 0.897. The van der Waals surface area contributed by atoms with Gasteiger partial charge in [0.2, 0.25) is 5.88 Å². The second-order valence-electron chi connectivity index (χ2n) is 5.87. The first kappa shape index (κ1) is 17.5. The minimum Gasteiger partial charge on any atom is -0.439 e. The Morgan fingerprint density at radius 3 is 2.44 bits per heavy atom. The van der Waals surface area contributed by atoms with Gasteiger partial charge in [-0.25, -0.2) is 9.78 Å². The van der Waals surface area contributed by atoms with Crippen molar-refractivity contribution in [1.82, 2.24) is 9.88 Å². The molecule has 6 nitrogen and oxygen atoms in total. The maximum Gasteiger partial charge on any atom is 0.415 e. The summed E-state index contributed by atoms with van der Waals surface area (Å²) in [6, 6.07) is 10.1. The van der Waals surface area contributed by atoms with Crippen LogP contribution in [0.2, 0.25) is 5.02 Å². The van der Waals surface area contributed by atoms with E-state index in [1.807, 2.05) is 0 Å². The van der Waals surface area contributed by atoms with Crippen LogP contribution in [-0.2, 0) is 0 Å². The number of carbonyl (C=O) groups is 1. The standard InChI is InChI=1S/C18H19ClN2O4/c19-14-1-6-17(20-11-14)24-15-2-4-16(5-3-15)25-18(23)21-9-7-13(12-22)8-10-21/h1-6,11,13,22H,7-10,12H2. The Balaban J connectivity index is 1.53. The number of rotatable bonds is 4. The Morgan fingerprint density at radius 2 is 1.84 bits per heavy atom. The van der Waals surface area contributed by atoms with Crippen molar-refractivity contribution in [2.75, 3.05) is 19.7 Å². The summed E-state index contributed by atoms with van der Waals surface area (Å²) in [6.07, 6.45) is 2.73. The molecule has 1 aromatic carbocycles. The van der Waals surface area contributed by atoms with Gasteiger partial charge in [-0.2, -0.15) is 0 Å². The van der Waals surface area contributed by atoms with E-state index in [0.29, 0.717) is 35.5 Å². The van der Waals surface area contributed by atoms with E-state index in [-0.39, 0.29) is 18.6 Å². The van der Waals surface area contributed by atoms with Gasteiger partial charge in [0.1, 0.15) is 11.5 Å². The van der Waals surface area contributed by atoms with Gasteiger partial charge in [-0.05, 0) is 49.1 Å². The number of amides is 1. The number of aliphatic hydroxyl groups is 1. The van der Waals surface area contributed by atoms with E-state index in [0.717, 1.165) is 12.8 Å². The fourth-order valence-corrected chi connectivity index (χ4v) is 2.69. The van der Waals surface area contributed by atoms with E-state index in [1.54, 1.807) is 41.3 Å². The first-order valence-electron chi connectivity index (χ1n) is 8.11. The van der Waals surface area contributed by atoms with E-state index in [4.69, 9.17) is 26.2 Å². The molecule has 2 heterocycles. The number of aromatic nitrogens is 1. The molecule has 0 atom stereocenters. The Bertz CT molecular complexity index is 698. The zero-order valence-corrected chi connectivity index (χ0v) is 14.4. The normalized spacial score (nSPS) is 15.0. The summed E-state index contributed by atoms with van der Waals surface area (Å²) in [7, 11) is 0. The fraction of sp³-hybridized carbons (Fsp3) is 0.333. The van der Waals surface area contributed by atoms with Crippen molar-refractivity contribution in [2.24, 2.45) is 5.92 Å². The molecule has 0 unspecified atom stereocenters. The molecule has 1 fully saturated rings. The number of nitrogens with zero attached hydrogens (tertiary/aromatic N) is 2. The summed E-state index contributed by atoms with van der Waals surface area (Å²) in [5, 5.41) is 9.68. The number of benzene rings is 1. The van der Waals surface area contributed by atoms with Crippen LogP contribution in [-0.4, -0.2) is 40.8 Å². The maximum absolute atomic E-state index is 12.2. The highest BCUT2D eigenvalue weighted by Gasteiger charge is 2.23. The summed E-state index contributed by atoms with van der Waals surface area (Å²) < 4.78 is 11.0. The summed E-state index contributed by atoms with van der Waals surface area (Å²) in [5.74, 6) is 1.74. The van der Waals surface area contributed by atoms with Crippen molar-refractivity contribution in [1.29, 1.82) is 0 Å².